The first-order chi connectivity index (χ1) is 21.5. The number of carbonyl (C=O) groups is 2. The van der Waals surface area contributed by atoms with Gasteiger partial charge in [-0.05, 0) is 67.8 Å². The molecular formula is C33H35F3N6O3. The molecule has 0 spiro atoms. The Bertz CT molecular complexity index is 1710. The summed E-state index contributed by atoms with van der Waals surface area (Å²) in [5.41, 5.74) is 1.24. The van der Waals surface area contributed by atoms with E-state index in [9.17, 15) is 27.9 Å². The van der Waals surface area contributed by atoms with Crippen LogP contribution >= 0.6 is 0 Å². The fourth-order valence-corrected chi connectivity index (χ4v) is 6.73. The quantitative estimate of drug-likeness (QED) is 0.232. The predicted octanol–water partition coefficient (Wildman–Crippen LogP) is 6.05. The number of amides is 2. The number of fused-ring (bicyclic) bond motifs is 3. The van der Waals surface area contributed by atoms with Crippen LogP contribution < -0.4 is 15.5 Å². The van der Waals surface area contributed by atoms with Crippen molar-refractivity contribution in [1.29, 1.82) is 0 Å². The molecule has 6 rings (SSSR count). The molecule has 3 atom stereocenters. The second-order valence-corrected chi connectivity index (χ2v) is 11.8. The van der Waals surface area contributed by atoms with E-state index < -0.39 is 11.8 Å². The van der Waals surface area contributed by atoms with Gasteiger partial charge in [-0.25, -0.2) is 9.78 Å². The van der Waals surface area contributed by atoms with E-state index in [-0.39, 0.29) is 36.9 Å². The van der Waals surface area contributed by atoms with Gasteiger partial charge in [0.2, 0.25) is 0 Å². The molecule has 1 unspecified atom stereocenters. The number of carbonyl (C=O) groups excluding carboxylic acids is 2. The summed E-state index contributed by atoms with van der Waals surface area (Å²) in [7, 11) is 1.59. The molecule has 12 heteroatoms. The molecule has 3 N–H and O–H groups in total. The van der Waals surface area contributed by atoms with Gasteiger partial charge in [-0.1, -0.05) is 12.1 Å². The van der Waals surface area contributed by atoms with Crippen LogP contribution in [0.5, 0.6) is 0 Å². The number of aromatic nitrogens is 2. The molecule has 2 amide bonds. The molecular weight excluding hydrogens is 585 g/mol. The van der Waals surface area contributed by atoms with E-state index >= 15 is 0 Å². The van der Waals surface area contributed by atoms with E-state index in [2.05, 4.69) is 25.4 Å². The van der Waals surface area contributed by atoms with Crippen molar-refractivity contribution in [3.63, 3.8) is 0 Å². The molecule has 0 radical (unpaired) electrons. The lowest BCUT2D eigenvalue weighted by Gasteiger charge is -2.44. The number of aliphatic hydroxyl groups is 1. The second-order valence-electron chi connectivity index (χ2n) is 11.8. The topological polar surface area (TPSA) is 103 Å². The number of anilines is 3. The van der Waals surface area contributed by atoms with Crippen molar-refractivity contribution in [3.05, 3.63) is 84.2 Å². The zero-order chi connectivity index (χ0) is 31.9. The third-order valence-corrected chi connectivity index (χ3v) is 9.06. The van der Waals surface area contributed by atoms with Crippen molar-refractivity contribution < 1.29 is 27.9 Å². The molecule has 2 aliphatic heterocycles. The number of hydrogen-bond donors (Lipinski definition) is 3. The highest BCUT2D eigenvalue weighted by Gasteiger charge is 2.60. The number of hydrogen-bond acceptors (Lipinski definition) is 6. The number of nitrogens with zero attached hydrogens (tertiary/aromatic N) is 4. The van der Waals surface area contributed by atoms with Crippen LogP contribution in [-0.2, 0) is 6.54 Å². The lowest BCUT2D eigenvalue weighted by atomic mass is 9.85. The number of pyridine rings is 1. The molecule has 2 aromatic heterocycles. The van der Waals surface area contributed by atoms with Crippen molar-refractivity contribution in [1.82, 2.24) is 19.8 Å². The summed E-state index contributed by atoms with van der Waals surface area (Å²) in [5, 5.41) is 16.7. The number of alkyl halides is 3. The van der Waals surface area contributed by atoms with Gasteiger partial charge in [0.25, 0.3) is 5.91 Å². The zero-order valence-corrected chi connectivity index (χ0v) is 25.0. The van der Waals surface area contributed by atoms with Gasteiger partial charge in [-0.3, -0.25) is 14.3 Å². The van der Waals surface area contributed by atoms with Gasteiger partial charge in [0.15, 0.2) is 5.60 Å². The molecule has 0 saturated carbocycles. The molecule has 2 aliphatic rings. The van der Waals surface area contributed by atoms with Crippen LogP contribution in [0.25, 0.3) is 10.9 Å². The Labute approximate surface area is 258 Å². The normalized spacial score (nSPS) is 21.6. The molecule has 45 heavy (non-hydrogen) atoms. The minimum Gasteiger partial charge on any atom is -0.380 e. The molecule has 9 nitrogen and oxygen atoms in total. The maximum Gasteiger partial charge on any atom is 0.417 e. The summed E-state index contributed by atoms with van der Waals surface area (Å²) in [4.78, 5) is 33.7. The number of nitrogens with one attached hydrogen (secondary N) is 2. The van der Waals surface area contributed by atoms with Crippen molar-refractivity contribution in [2.45, 2.75) is 63.0 Å². The third-order valence-electron chi connectivity index (χ3n) is 9.06. The SMILES string of the molecule is CCN(c1ccnc(NC(=O)c2ccc(CN3C4CC[C@@H]3C[C@](O)(C(F)(F)F)C4)cc2)c1)c1ccc2c(ccn2C(=O)NC)c1. The van der Waals surface area contributed by atoms with Crippen LogP contribution in [-0.4, -0.2) is 68.9 Å². The van der Waals surface area contributed by atoms with E-state index in [1.165, 1.54) is 0 Å². The minimum absolute atomic E-state index is 0.216. The van der Waals surface area contributed by atoms with Gasteiger partial charge in [-0.15, -0.1) is 0 Å². The molecule has 2 saturated heterocycles. The van der Waals surface area contributed by atoms with E-state index in [1.807, 2.05) is 49.4 Å². The molecule has 2 fully saturated rings. The first-order valence-electron chi connectivity index (χ1n) is 15.0. The summed E-state index contributed by atoms with van der Waals surface area (Å²) in [6, 6.07) is 17.5. The van der Waals surface area contributed by atoms with Gasteiger partial charge < -0.3 is 20.6 Å². The molecule has 2 aromatic carbocycles. The monoisotopic (exact) mass is 620 g/mol. The smallest absolute Gasteiger partial charge is 0.380 e. The van der Waals surface area contributed by atoms with Gasteiger partial charge in [0, 0.05) is 85.8 Å². The van der Waals surface area contributed by atoms with Gasteiger partial charge >= 0.3 is 12.2 Å². The van der Waals surface area contributed by atoms with E-state index in [0.29, 0.717) is 37.3 Å². The Morgan fingerprint density at radius 3 is 2.36 bits per heavy atom. The maximum absolute atomic E-state index is 13.4. The molecule has 0 aliphatic carbocycles. The van der Waals surface area contributed by atoms with Gasteiger partial charge in [0.1, 0.15) is 5.82 Å². The molecule has 4 heterocycles. The fraction of sp³-hybridized carbons (Fsp3) is 0.364. The van der Waals surface area contributed by atoms with Crippen LogP contribution in [0.2, 0.25) is 0 Å². The molecule has 4 aromatic rings. The van der Waals surface area contributed by atoms with Crippen LogP contribution in [0.1, 0.15) is 48.5 Å². The Morgan fingerprint density at radius 2 is 1.71 bits per heavy atom. The third kappa shape index (κ3) is 5.87. The Hall–Kier alpha value is -4.42. The van der Waals surface area contributed by atoms with Crippen LogP contribution in [0.3, 0.4) is 0 Å². The summed E-state index contributed by atoms with van der Waals surface area (Å²) < 4.78 is 41.9. The average molecular weight is 621 g/mol. The standard InChI is InChI=1S/C33H35F3N6O3/c1-3-40(24-10-11-28-23(16-24)13-15-41(28)31(44)37-2)25-12-14-38-29(17-25)39-30(43)22-6-4-21(5-7-22)20-42-26-8-9-27(42)19-32(45,18-26)33(34,35)36/h4-7,10-17,26-27,45H,3,8-9,18-20H2,1-2H3,(H,37,44)(H,38,39,43)/t26-,27?,32-/m1/s1. The van der Waals surface area contributed by atoms with Crippen LogP contribution in [0, 0.1) is 0 Å². The second kappa shape index (κ2) is 11.8. The number of rotatable bonds is 7. The van der Waals surface area contributed by atoms with Gasteiger partial charge in [-0.2, -0.15) is 13.2 Å². The van der Waals surface area contributed by atoms with Crippen molar-refractivity contribution >= 4 is 40.0 Å². The first kappa shape index (κ1) is 30.6. The lowest BCUT2D eigenvalue weighted by Crippen LogP contribution is -2.57. The minimum atomic E-state index is -4.63. The van der Waals surface area contributed by atoms with Gasteiger partial charge in [0.05, 0.1) is 5.52 Å². The van der Waals surface area contributed by atoms with Crippen molar-refractivity contribution in [2.75, 3.05) is 23.8 Å². The Kier molecular flexibility index (Phi) is 8.04. The van der Waals surface area contributed by atoms with Crippen LogP contribution in [0.15, 0.2) is 73.1 Å². The Balaban J connectivity index is 1.12. The van der Waals surface area contributed by atoms with E-state index in [0.717, 1.165) is 27.8 Å². The largest absolute Gasteiger partial charge is 0.417 e. The van der Waals surface area contributed by atoms with E-state index in [1.54, 1.807) is 42.2 Å². The summed E-state index contributed by atoms with van der Waals surface area (Å²) in [5.74, 6) is 0.0495. The maximum atomic E-state index is 13.4. The lowest BCUT2D eigenvalue weighted by molar-refractivity contribution is -0.279. The number of piperidine rings is 1. The molecule has 2 bridgehead atoms. The van der Waals surface area contributed by atoms with E-state index in [4.69, 9.17) is 0 Å². The summed E-state index contributed by atoms with van der Waals surface area (Å²) >= 11 is 0. The summed E-state index contributed by atoms with van der Waals surface area (Å²) in [6.07, 6.45) is -0.635. The summed E-state index contributed by atoms with van der Waals surface area (Å²) in [6.45, 7) is 3.13. The fourth-order valence-electron chi connectivity index (χ4n) is 6.73. The van der Waals surface area contributed by atoms with Crippen LogP contribution in [0.4, 0.5) is 35.2 Å². The predicted molar refractivity (Wildman–Crippen MR) is 166 cm³/mol. The van der Waals surface area contributed by atoms with Crippen molar-refractivity contribution in [2.24, 2.45) is 0 Å². The first-order valence-corrected chi connectivity index (χ1v) is 15.0. The highest BCUT2D eigenvalue weighted by molar-refractivity contribution is 6.04. The number of halogens is 3. The number of benzene rings is 2. The highest BCUT2D eigenvalue weighted by Crippen LogP contribution is 2.48. The zero-order valence-electron chi connectivity index (χ0n) is 25.0. The highest BCUT2D eigenvalue weighted by atomic mass is 19.4. The van der Waals surface area contributed by atoms with Crippen molar-refractivity contribution in [3.8, 4) is 0 Å². The average Bonchev–Trinajstić information content (AvgIpc) is 3.54. The Morgan fingerprint density at radius 1 is 1.02 bits per heavy atom. The molecule has 236 valence electrons.